The summed E-state index contributed by atoms with van der Waals surface area (Å²) in [5, 5.41) is 23.2. The van der Waals surface area contributed by atoms with Crippen LogP contribution in [0.25, 0.3) is 0 Å². The van der Waals surface area contributed by atoms with Gasteiger partial charge in [-0.3, -0.25) is 14.5 Å². The van der Waals surface area contributed by atoms with Crippen molar-refractivity contribution in [3.05, 3.63) is 91.5 Å². The molecule has 166 valence electrons. The number of amides is 1. The van der Waals surface area contributed by atoms with Crippen LogP contribution in [0.5, 0.6) is 0 Å². The van der Waals surface area contributed by atoms with Crippen LogP contribution in [0, 0.1) is 6.92 Å². The number of carbonyl (C=O) groups is 2. The van der Waals surface area contributed by atoms with Crippen LogP contribution in [0.15, 0.2) is 75.0 Å². The second-order valence-corrected chi connectivity index (χ2v) is 11.4. The van der Waals surface area contributed by atoms with Crippen molar-refractivity contribution in [2.45, 2.75) is 23.1 Å². The molecule has 6 nitrogen and oxygen atoms in total. The zero-order valence-corrected chi connectivity index (χ0v) is 20.6. The lowest BCUT2D eigenvalue weighted by atomic mass is 10.0. The highest BCUT2D eigenvalue weighted by Gasteiger charge is 2.46. The fourth-order valence-corrected chi connectivity index (χ4v) is 6.80. The molecule has 3 aromatic heterocycles. The smallest absolute Gasteiger partial charge is 0.296 e. The predicted octanol–water partition coefficient (Wildman–Crippen LogP) is 6.04. The van der Waals surface area contributed by atoms with Gasteiger partial charge in [-0.15, -0.1) is 32.9 Å². The summed E-state index contributed by atoms with van der Waals surface area (Å²) >= 11 is 5.50. The van der Waals surface area contributed by atoms with Crippen LogP contribution in [-0.2, 0) is 10.5 Å². The van der Waals surface area contributed by atoms with Crippen LogP contribution in [0.4, 0.5) is 5.13 Å². The number of aliphatic hydroxyl groups is 1. The van der Waals surface area contributed by atoms with Gasteiger partial charge < -0.3 is 5.11 Å². The minimum atomic E-state index is -0.741. The molecule has 5 rings (SSSR count). The zero-order valence-electron chi connectivity index (χ0n) is 17.3. The van der Waals surface area contributed by atoms with E-state index < -0.39 is 17.7 Å². The highest BCUT2D eigenvalue weighted by molar-refractivity contribution is 8.00. The number of hydrogen-bond acceptors (Lipinski definition) is 9. The molecular formula is C23H17N3O3S4. The molecule has 4 aromatic rings. The fraction of sp³-hybridized carbons (Fsp3) is 0.130. The third-order valence-corrected chi connectivity index (χ3v) is 9.02. The molecule has 1 aliphatic rings. The van der Waals surface area contributed by atoms with Gasteiger partial charge in [0.15, 0.2) is 10.1 Å². The van der Waals surface area contributed by atoms with E-state index in [1.165, 1.54) is 61.8 Å². The summed E-state index contributed by atoms with van der Waals surface area (Å²) in [7, 11) is 0. The highest BCUT2D eigenvalue weighted by Crippen LogP contribution is 2.45. The minimum Gasteiger partial charge on any atom is -0.503 e. The number of Topliss-reactive ketones (excluding diaryl/α,β-unsaturated/α-hetero) is 1. The topological polar surface area (TPSA) is 83.4 Å². The van der Waals surface area contributed by atoms with Gasteiger partial charge in [0.1, 0.15) is 6.04 Å². The SMILES string of the molecule is Cc1ccc(CSc2nnc(N3C(=O)C(O)=C(C(=O)c4cccs4)C3c3cccs3)s2)cc1. The Labute approximate surface area is 206 Å². The Bertz CT molecular complexity index is 1330. The number of aromatic nitrogens is 2. The molecule has 1 aromatic carbocycles. The van der Waals surface area contributed by atoms with Crippen LogP contribution < -0.4 is 4.90 Å². The summed E-state index contributed by atoms with van der Waals surface area (Å²) in [5.74, 6) is -0.798. The summed E-state index contributed by atoms with van der Waals surface area (Å²) in [6, 6.07) is 14.7. The number of benzene rings is 1. The Kier molecular flexibility index (Phi) is 6.15. The van der Waals surface area contributed by atoms with Crippen molar-refractivity contribution in [2.24, 2.45) is 0 Å². The van der Waals surface area contributed by atoms with Crippen molar-refractivity contribution in [2.75, 3.05) is 4.90 Å². The lowest BCUT2D eigenvalue weighted by Crippen LogP contribution is -2.30. The second kappa shape index (κ2) is 9.22. The number of thioether (sulfide) groups is 1. The van der Waals surface area contributed by atoms with Crippen LogP contribution >= 0.6 is 45.8 Å². The van der Waals surface area contributed by atoms with E-state index in [4.69, 9.17) is 0 Å². The Balaban J connectivity index is 1.44. The molecule has 1 aliphatic heterocycles. The Hall–Kier alpha value is -2.79. The quantitative estimate of drug-likeness (QED) is 0.185. The first kappa shape index (κ1) is 22.0. The number of carbonyl (C=O) groups excluding carboxylic acids is 2. The van der Waals surface area contributed by atoms with E-state index in [1.807, 2.05) is 24.4 Å². The van der Waals surface area contributed by atoms with E-state index >= 15 is 0 Å². The molecular weight excluding hydrogens is 495 g/mol. The molecule has 0 saturated heterocycles. The van der Waals surface area contributed by atoms with Gasteiger partial charge in [-0.1, -0.05) is 65.1 Å². The van der Waals surface area contributed by atoms with E-state index in [9.17, 15) is 14.7 Å². The maximum Gasteiger partial charge on any atom is 0.296 e. The van der Waals surface area contributed by atoms with Gasteiger partial charge in [-0.2, -0.15) is 0 Å². The maximum absolute atomic E-state index is 13.2. The van der Waals surface area contributed by atoms with Crippen molar-refractivity contribution in [3.63, 3.8) is 0 Å². The van der Waals surface area contributed by atoms with Crippen LogP contribution in [0.2, 0.25) is 0 Å². The van der Waals surface area contributed by atoms with Crippen molar-refractivity contribution < 1.29 is 14.7 Å². The second-order valence-electron chi connectivity index (χ2n) is 7.29. The molecule has 0 saturated carbocycles. The average Bonchev–Trinajstić information content (AvgIpc) is 3.62. The number of aliphatic hydroxyl groups excluding tert-OH is 1. The lowest BCUT2D eigenvalue weighted by Gasteiger charge is -2.22. The van der Waals surface area contributed by atoms with Gasteiger partial charge in [0.25, 0.3) is 5.91 Å². The van der Waals surface area contributed by atoms with Gasteiger partial charge in [0.05, 0.1) is 10.5 Å². The first-order chi connectivity index (χ1) is 16.0. The van der Waals surface area contributed by atoms with E-state index in [0.29, 0.717) is 14.3 Å². The molecule has 4 heterocycles. The Morgan fingerprint density at radius 3 is 2.55 bits per heavy atom. The van der Waals surface area contributed by atoms with Crippen LogP contribution in [0.1, 0.15) is 31.7 Å². The van der Waals surface area contributed by atoms with Crippen molar-refractivity contribution >= 4 is 62.6 Å². The van der Waals surface area contributed by atoms with E-state index in [0.717, 1.165) is 10.6 Å². The lowest BCUT2D eigenvalue weighted by molar-refractivity contribution is -0.117. The molecule has 1 atom stereocenters. The van der Waals surface area contributed by atoms with Crippen molar-refractivity contribution in [3.8, 4) is 0 Å². The van der Waals surface area contributed by atoms with E-state index in [2.05, 4.69) is 34.5 Å². The molecule has 1 amide bonds. The molecule has 0 bridgehead atoms. The molecule has 0 spiro atoms. The largest absolute Gasteiger partial charge is 0.503 e. The van der Waals surface area contributed by atoms with Crippen LogP contribution in [-0.4, -0.2) is 27.0 Å². The number of rotatable bonds is 7. The van der Waals surface area contributed by atoms with Crippen molar-refractivity contribution in [1.82, 2.24) is 10.2 Å². The number of nitrogens with zero attached hydrogens (tertiary/aromatic N) is 3. The Morgan fingerprint density at radius 2 is 1.85 bits per heavy atom. The maximum atomic E-state index is 13.2. The summed E-state index contributed by atoms with van der Waals surface area (Å²) in [5.41, 5.74) is 2.45. The fourth-order valence-electron chi connectivity index (χ4n) is 3.48. The van der Waals surface area contributed by atoms with Gasteiger partial charge in [0, 0.05) is 10.6 Å². The summed E-state index contributed by atoms with van der Waals surface area (Å²) in [4.78, 5) is 29.0. The van der Waals surface area contributed by atoms with Crippen molar-refractivity contribution in [1.29, 1.82) is 0 Å². The zero-order chi connectivity index (χ0) is 22.9. The van der Waals surface area contributed by atoms with E-state index in [-0.39, 0.29) is 11.4 Å². The monoisotopic (exact) mass is 511 g/mol. The minimum absolute atomic E-state index is 0.0777. The van der Waals surface area contributed by atoms with Gasteiger partial charge in [-0.05, 0) is 35.4 Å². The number of ketones is 1. The first-order valence-electron chi connectivity index (χ1n) is 9.93. The molecule has 0 radical (unpaired) electrons. The molecule has 10 heteroatoms. The van der Waals surface area contributed by atoms with E-state index in [1.54, 1.807) is 17.5 Å². The molecule has 1 unspecified atom stereocenters. The summed E-state index contributed by atoms with van der Waals surface area (Å²) in [6.07, 6.45) is 0. The third kappa shape index (κ3) is 4.26. The standard InChI is InChI=1S/C23H17N3O3S4/c1-13-6-8-14(9-7-13)12-32-23-25-24-22(33-23)26-18(15-4-2-10-30-15)17(20(28)21(26)29)19(27)16-5-3-11-31-16/h2-11,18,28H,12H2,1H3. The average molecular weight is 512 g/mol. The highest BCUT2D eigenvalue weighted by atomic mass is 32.2. The molecule has 0 aliphatic carbocycles. The Morgan fingerprint density at radius 1 is 1.09 bits per heavy atom. The number of hydrogen-bond donors (Lipinski definition) is 1. The predicted molar refractivity (Wildman–Crippen MR) is 133 cm³/mol. The van der Waals surface area contributed by atoms with Gasteiger partial charge >= 0.3 is 0 Å². The van der Waals surface area contributed by atoms with Crippen LogP contribution in [0.3, 0.4) is 0 Å². The normalized spacial score (nSPS) is 16.1. The summed E-state index contributed by atoms with van der Waals surface area (Å²) < 4.78 is 0.709. The first-order valence-corrected chi connectivity index (χ1v) is 13.5. The molecule has 0 fully saturated rings. The third-order valence-electron chi connectivity index (χ3n) is 5.10. The number of aryl methyl sites for hydroxylation is 1. The summed E-state index contributed by atoms with van der Waals surface area (Å²) in [6.45, 7) is 2.05. The number of anilines is 1. The number of thiophene rings is 2. The molecule has 33 heavy (non-hydrogen) atoms. The molecule has 1 N–H and O–H groups in total. The van der Waals surface area contributed by atoms with Gasteiger partial charge in [-0.25, -0.2) is 0 Å². The van der Waals surface area contributed by atoms with Gasteiger partial charge in [0.2, 0.25) is 10.9 Å².